The van der Waals surface area contributed by atoms with E-state index < -0.39 is 0 Å². The van der Waals surface area contributed by atoms with E-state index in [4.69, 9.17) is 4.74 Å². The molecule has 0 radical (unpaired) electrons. The van der Waals surface area contributed by atoms with E-state index in [1.165, 1.54) is 12.1 Å². The lowest BCUT2D eigenvalue weighted by Crippen LogP contribution is -2.00. The minimum atomic E-state index is -0.276. The van der Waals surface area contributed by atoms with Crippen LogP contribution in [0.3, 0.4) is 0 Å². The third-order valence-electron chi connectivity index (χ3n) is 3.91. The number of nitrogens with zero attached hydrogens (tertiary/aromatic N) is 3. The summed E-state index contributed by atoms with van der Waals surface area (Å²) in [5.41, 5.74) is 1.72. The van der Waals surface area contributed by atoms with Gasteiger partial charge in [-0.2, -0.15) is 0 Å². The van der Waals surface area contributed by atoms with Crippen molar-refractivity contribution in [3.63, 3.8) is 0 Å². The average molecular weight is 365 g/mol. The molecule has 0 saturated carbocycles. The zero-order chi connectivity index (χ0) is 17.9. The minimum Gasteiger partial charge on any atom is -0.494 e. The molecule has 4 aromatic rings. The molecule has 0 aliphatic rings. The first-order valence-corrected chi connectivity index (χ1v) is 9.12. The van der Waals surface area contributed by atoms with Gasteiger partial charge in [0.1, 0.15) is 11.6 Å². The molecule has 2 aromatic heterocycles. The van der Waals surface area contributed by atoms with E-state index in [9.17, 15) is 4.39 Å². The Balaban J connectivity index is 1.85. The van der Waals surface area contributed by atoms with Crippen molar-refractivity contribution in [2.45, 2.75) is 6.92 Å². The zero-order valence-electron chi connectivity index (χ0n) is 14.1. The predicted octanol–water partition coefficient (Wildman–Crippen LogP) is 5.20. The summed E-state index contributed by atoms with van der Waals surface area (Å²) in [6.07, 6.45) is 0. The Kier molecular flexibility index (Phi) is 4.50. The van der Waals surface area contributed by atoms with Crippen LogP contribution in [0.5, 0.6) is 5.75 Å². The smallest absolute Gasteiger partial charge is 0.178 e. The summed E-state index contributed by atoms with van der Waals surface area (Å²) in [7, 11) is 0. The second kappa shape index (κ2) is 7.09. The van der Waals surface area contributed by atoms with Crippen LogP contribution < -0.4 is 4.74 Å². The number of aromatic nitrogens is 3. The molecule has 0 fully saturated rings. The third kappa shape index (κ3) is 3.11. The van der Waals surface area contributed by atoms with E-state index in [0.717, 1.165) is 27.7 Å². The van der Waals surface area contributed by atoms with Crippen LogP contribution in [0.2, 0.25) is 0 Å². The number of hydrogen-bond acceptors (Lipinski definition) is 4. The fourth-order valence-corrected chi connectivity index (χ4v) is 3.44. The molecular formula is C20H16FN3OS. The summed E-state index contributed by atoms with van der Waals surface area (Å²) in [4.78, 5) is 0.999. The van der Waals surface area contributed by atoms with Crippen molar-refractivity contribution in [3.8, 4) is 33.5 Å². The molecule has 0 atom stereocenters. The molecule has 4 nitrogen and oxygen atoms in total. The van der Waals surface area contributed by atoms with E-state index in [2.05, 4.69) is 10.2 Å². The van der Waals surface area contributed by atoms with Gasteiger partial charge in [-0.3, -0.25) is 4.57 Å². The van der Waals surface area contributed by atoms with Crippen molar-refractivity contribution in [1.29, 1.82) is 0 Å². The van der Waals surface area contributed by atoms with Crippen molar-refractivity contribution >= 4 is 11.3 Å². The Labute approximate surface area is 154 Å². The van der Waals surface area contributed by atoms with Gasteiger partial charge in [0.05, 0.1) is 11.5 Å². The van der Waals surface area contributed by atoms with Crippen LogP contribution in [0.4, 0.5) is 4.39 Å². The maximum atomic E-state index is 13.4. The van der Waals surface area contributed by atoms with Crippen LogP contribution in [0.15, 0.2) is 66.0 Å². The van der Waals surface area contributed by atoms with Gasteiger partial charge in [-0.1, -0.05) is 6.07 Å². The molecule has 6 heteroatoms. The maximum Gasteiger partial charge on any atom is 0.178 e. The molecule has 0 amide bonds. The standard InChI is InChI=1S/C20H16FN3OS/c1-2-25-17-11-5-14(6-12-17)19-22-23-20(18-4-3-13-26-18)24(19)16-9-7-15(21)8-10-16/h3-13H,2H2,1H3. The first-order valence-electron chi connectivity index (χ1n) is 8.24. The van der Waals surface area contributed by atoms with Crippen LogP contribution in [0, 0.1) is 5.82 Å². The zero-order valence-corrected chi connectivity index (χ0v) is 14.9. The van der Waals surface area contributed by atoms with Crippen LogP contribution in [0.1, 0.15) is 6.92 Å². The maximum absolute atomic E-state index is 13.4. The van der Waals surface area contributed by atoms with Gasteiger partial charge in [-0.05, 0) is 66.9 Å². The topological polar surface area (TPSA) is 39.9 Å². The highest BCUT2D eigenvalue weighted by Gasteiger charge is 2.17. The summed E-state index contributed by atoms with van der Waals surface area (Å²) in [6, 6.07) is 18.0. The highest BCUT2D eigenvalue weighted by Crippen LogP contribution is 2.31. The fraction of sp³-hybridized carbons (Fsp3) is 0.100. The molecule has 0 aliphatic carbocycles. The molecule has 0 aliphatic heterocycles. The first-order chi connectivity index (χ1) is 12.8. The molecule has 0 bridgehead atoms. The van der Waals surface area contributed by atoms with E-state index in [1.807, 2.05) is 53.3 Å². The Morgan fingerprint density at radius 3 is 2.35 bits per heavy atom. The molecule has 0 unspecified atom stereocenters. The minimum absolute atomic E-state index is 0.276. The van der Waals surface area contributed by atoms with Gasteiger partial charge in [0.2, 0.25) is 0 Å². The van der Waals surface area contributed by atoms with E-state index >= 15 is 0 Å². The average Bonchev–Trinajstić information content (AvgIpc) is 3.33. The first kappa shape index (κ1) is 16.5. The Hall–Kier alpha value is -2.99. The second-order valence-electron chi connectivity index (χ2n) is 5.59. The predicted molar refractivity (Wildman–Crippen MR) is 101 cm³/mol. The Morgan fingerprint density at radius 2 is 1.69 bits per heavy atom. The van der Waals surface area contributed by atoms with Crippen molar-refractivity contribution in [3.05, 3.63) is 71.9 Å². The quantitative estimate of drug-likeness (QED) is 0.488. The largest absolute Gasteiger partial charge is 0.494 e. The SMILES string of the molecule is CCOc1ccc(-c2nnc(-c3cccs3)n2-c2ccc(F)cc2)cc1. The molecule has 130 valence electrons. The van der Waals surface area contributed by atoms with Gasteiger partial charge in [0.15, 0.2) is 11.6 Å². The van der Waals surface area contributed by atoms with E-state index in [0.29, 0.717) is 12.4 Å². The number of halogens is 1. The van der Waals surface area contributed by atoms with Crippen molar-refractivity contribution < 1.29 is 9.13 Å². The van der Waals surface area contributed by atoms with Gasteiger partial charge < -0.3 is 4.74 Å². The van der Waals surface area contributed by atoms with Crippen molar-refractivity contribution in [2.24, 2.45) is 0 Å². The van der Waals surface area contributed by atoms with Crippen molar-refractivity contribution in [1.82, 2.24) is 14.8 Å². The molecule has 4 rings (SSSR count). The number of thiophene rings is 1. The third-order valence-corrected chi connectivity index (χ3v) is 4.78. The van der Waals surface area contributed by atoms with Gasteiger partial charge in [-0.15, -0.1) is 21.5 Å². The lowest BCUT2D eigenvalue weighted by atomic mass is 10.2. The van der Waals surface area contributed by atoms with Crippen molar-refractivity contribution in [2.75, 3.05) is 6.61 Å². The molecule has 2 aromatic carbocycles. The Morgan fingerprint density at radius 1 is 0.962 bits per heavy atom. The highest BCUT2D eigenvalue weighted by atomic mass is 32.1. The summed E-state index contributed by atoms with van der Waals surface area (Å²) < 4.78 is 20.8. The van der Waals surface area contributed by atoms with E-state index in [1.54, 1.807) is 23.5 Å². The lowest BCUT2D eigenvalue weighted by Gasteiger charge is -2.10. The summed E-state index contributed by atoms with van der Waals surface area (Å²) in [5.74, 6) is 1.96. The Bertz CT molecular complexity index is 993. The monoisotopic (exact) mass is 365 g/mol. The summed E-state index contributed by atoms with van der Waals surface area (Å²) >= 11 is 1.59. The molecule has 0 N–H and O–H groups in total. The number of ether oxygens (including phenoxy) is 1. The number of hydrogen-bond donors (Lipinski definition) is 0. The molecule has 0 spiro atoms. The summed E-state index contributed by atoms with van der Waals surface area (Å²) in [6.45, 7) is 2.57. The van der Waals surface area contributed by atoms with E-state index in [-0.39, 0.29) is 5.82 Å². The molecule has 2 heterocycles. The van der Waals surface area contributed by atoms with Gasteiger partial charge in [0.25, 0.3) is 0 Å². The summed E-state index contributed by atoms with van der Waals surface area (Å²) in [5, 5.41) is 10.8. The fourth-order valence-electron chi connectivity index (χ4n) is 2.74. The van der Waals surface area contributed by atoms with Gasteiger partial charge in [0, 0.05) is 11.3 Å². The van der Waals surface area contributed by atoms with Crippen LogP contribution >= 0.6 is 11.3 Å². The lowest BCUT2D eigenvalue weighted by molar-refractivity contribution is 0.340. The van der Waals surface area contributed by atoms with Crippen LogP contribution in [-0.2, 0) is 0 Å². The number of benzene rings is 2. The molecular weight excluding hydrogens is 349 g/mol. The van der Waals surface area contributed by atoms with Gasteiger partial charge in [-0.25, -0.2) is 4.39 Å². The normalized spacial score (nSPS) is 10.8. The van der Waals surface area contributed by atoms with Crippen LogP contribution in [-0.4, -0.2) is 21.4 Å². The number of rotatable bonds is 5. The highest BCUT2D eigenvalue weighted by molar-refractivity contribution is 7.13. The molecule has 0 saturated heterocycles. The van der Waals surface area contributed by atoms with Gasteiger partial charge >= 0.3 is 0 Å². The van der Waals surface area contributed by atoms with Crippen LogP contribution in [0.25, 0.3) is 27.8 Å². The second-order valence-corrected chi connectivity index (χ2v) is 6.54. The molecule has 26 heavy (non-hydrogen) atoms.